The van der Waals surface area contributed by atoms with Crippen molar-refractivity contribution in [1.82, 2.24) is 10.2 Å². The first-order chi connectivity index (χ1) is 18.5. The molecule has 188 valence electrons. The highest BCUT2D eigenvalue weighted by molar-refractivity contribution is 7.99. The molecule has 1 atom stereocenters. The molecule has 8 heteroatoms. The van der Waals surface area contributed by atoms with Gasteiger partial charge in [-0.1, -0.05) is 79.9 Å². The largest absolute Gasteiger partial charge is 0.478 e. The molecular weight excluding hydrogens is 496 g/mol. The summed E-state index contributed by atoms with van der Waals surface area (Å²) in [6.07, 6.45) is 9.25. The van der Waals surface area contributed by atoms with Crippen LogP contribution in [0.2, 0.25) is 0 Å². The molecule has 1 unspecified atom stereocenters. The lowest BCUT2D eigenvalue weighted by atomic mass is 10.0. The van der Waals surface area contributed by atoms with E-state index in [2.05, 4.69) is 28.5 Å². The Morgan fingerprint density at radius 3 is 2.45 bits per heavy atom. The third-order valence-corrected chi connectivity index (χ3v) is 6.90. The summed E-state index contributed by atoms with van der Waals surface area (Å²) in [6.45, 7) is 7.67. The van der Waals surface area contributed by atoms with Crippen molar-refractivity contribution in [3.8, 4) is 17.1 Å². The number of carboxylic acids is 1. The molecule has 4 rings (SSSR count). The maximum absolute atomic E-state index is 11.7. The van der Waals surface area contributed by atoms with Crippen molar-refractivity contribution < 1.29 is 14.5 Å². The van der Waals surface area contributed by atoms with Gasteiger partial charge in [-0.3, -0.25) is 0 Å². The summed E-state index contributed by atoms with van der Waals surface area (Å²) in [5.74, 6) is -0.406. The first-order valence-corrected chi connectivity index (χ1v) is 12.5. The number of thioether (sulfide) groups is 1. The van der Waals surface area contributed by atoms with Crippen LogP contribution in [0.5, 0.6) is 0 Å². The molecule has 0 aliphatic carbocycles. The van der Waals surface area contributed by atoms with Crippen molar-refractivity contribution >= 4 is 23.4 Å². The van der Waals surface area contributed by atoms with Gasteiger partial charge >= 0.3 is 11.1 Å². The fourth-order valence-corrected chi connectivity index (χ4v) is 5.07. The summed E-state index contributed by atoms with van der Waals surface area (Å²) >= 11 is 1.50. The van der Waals surface area contributed by atoms with Gasteiger partial charge in [-0.25, -0.2) is 4.79 Å². The number of hydrogen-bond acceptors (Lipinski definition) is 5. The van der Waals surface area contributed by atoms with Gasteiger partial charge in [0.1, 0.15) is 11.4 Å². The number of aromatic amines is 1. The van der Waals surface area contributed by atoms with E-state index in [1.54, 1.807) is 54.6 Å². The van der Waals surface area contributed by atoms with E-state index < -0.39 is 5.97 Å². The molecule has 38 heavy (non-hydrogen) atoms. The van der Waals surface area contributed by atoms with Crippen LogP contribution in [-0.4, -0.2) is 21.3 Å². The van der Waals surface area contributed by atoms with E-state index >= 15 is 0 Å². The minimum atomic E-state index is -1.03. The summed E-state index contributed by atoms with van der Waals surface area (Å²) in [5, 5.41) is 20.8. The number of aromatic nitrogens is 3. The predicted molar refractivity (Wildman–Crippen MR) is 151 cm³/mol. The van der Waals surface area contributed by atoms with Gasteiger partial charge in [0.2, 0.25) is 0 Å². The van der Waals surface area contributed by atoms with Crippen molar-refractivity contribution in [2.75, 3.05) is 0 Å². The SMILES string of the molecule is C=C/C=C\C(=C/C=C)C(Sc1n[nH]c(-c2ccc(N=O)cc2)[n+]1-c1cccc(C(=O)O)c1)c1ccccc1. The lowest BCUT2D eigenvalue weighted by molar-refractivity contribution is -0.625. The van der Waals surface area contributed by atoms with Gasteiger partial charge in [-0.05, 0) is 70.5 Å². The average molecular weight is 522 g/mol. The van der Waals surface area contributed by atoms with E-state index in [9.17, 15) is 14.8 Å². The van der Waals surface area contributed by atoms with Crippen molar-refractivity contribution in [2.24, 2.45) is 5.18 Å². The number of nitroso groups, excluding NO2 is 1. The molecule has 0 bridgehead atoms. The number of H-pyrrole nitrogens is 1. The second-order valence-electron chi connectivity index (χ2n) is 8.09. The Kier molecular flexibility index (Phi) is 8.58. The van der Waals surface area contributed by atoms with E-state index in [0.717, 1.165) is 16.7 Å². The molecule has 0 aliphatic heterocycles. The minimum absolute atomic E-state index is 0.152. The molecular formula is C30H25N4O3S+. The summed E-state index contributed by atoms with van der Waals surface area (Å²) in [4.78, 5) is 22.7. The predicted octanol–water partition coefficient (Wildman–Crippen LogP) is 7.14. The highest BCUT2D eigenvalue weighted by Crippen LogP contribution is 2.40. The molecule has 0 amide bonds. The number of hydrogen-bond donors (Lipinski definition) is 2. The molecule has 0 fully saturated rings. The van der Waals surface area contributed by atoms with Crippen LogP contribution in [-0.2, 0) is 0 Å². The molecule has 0 radical (unpaired) electrons. The molecule has 0 spiro atoms. The Balaban J connectivity index is 1.90. The van der Waals surface area contributed by atoms with Crippen molar-refractivity contribution in [3.05, 3.63) is 144 Å². The lowest BCUT2D eigenvalue weighted by Crippen LogP contribution is -2.34. The molecule has 3 aromatic carbocycles. The maximum atomic E-state index is 11.7. The van der Waals surface area contributed by atoms with Gasteiger partial charge in [0, 0.05) is 0 Å². The fourth-order valence-electron chi connectivity index (χ4n) is 3.87. The Bertz CT molecular complexity index is 1520. The number of carboxylic acid groups (broad SMARTS) is 1. The molecule has 0 aliphatic rings. The zero-order valence-electron chi connectivity index (χ0n) is 20.4. The number of aromatic carboxylic acids is 1. The van der Waals surface area contributed by atoms with E-state index in [0.29, 0.717) is 22.4 Å². The molecule has 0 saturated heterocycles. The van der Waals surface area contributed by atoms with E-state index in [-0.39, 0.29) is 10.8 Å². The second-order valence-corrected chi connectivity index (χ2v) is 9.16. The maximum Gasteiger partial charge on any atom is 0.342 e. The van der Waals surface area contributed by atoms with Crippen molar-refractivity contribution in [2.45, 2.75) is 10.4 Å². The minimum Gasteiger partial charge on any atom is -0.478 e. The topological polar surface area (TPSA) is 99.3 Å². The number of nitrogens with zero attached hydrogens (tertiary/aromatic N) is 3. The van der Waals surface area contributed by atoms with Crippen molar-refractivity contribution in [3.63, 3.8) is 0 Å². The van der Waals surface area contributed by atoms with Gasteiger partial charge in [0.05, 0.1) is 21.5 Å². The third kappa shape index (κ3) is 5.93. The monoisotopic (exact) mass is 521 g/mol. The first-order valence-electron chi connectivity index (χ1n) is 11.7. The zero-order valence-corrected chi connectivity index (χ0v) is 21.2. The number of carbonyl (C=O) groups is 1. The zero-order chi connectivity index (χ0) is 26.9. The molecule has 0 saturated carbocycles. The first kappa shape index (κ1) is 26.2. The highest BCUT2D eigenvalue weighted by Gasteiger charge is 2.29. The van der Waals surface area contributed by atoms with E-state index in [1.165, 1.54) is 11.8 Å². The smallest absolute Gasteiger partial charge is 0.342 e. The van der Waals surface area contributed by atoms with Crippen LogP contribution >= 0.6 is 11.8 Å². The van der Waals surface area contributed by atoms with E-state index in [4.69, 9.17) is 0 Å². The van der Waals surface area contributed by atoms with Crippen LogP contribution in [0.3, 0.4) is 0 Å². The number of rotatable bonds is 11. The van der Waals surface area contributed by atoms with Gasteiger partial charge in [0.25, 0.3) is 5.82 Å². The number of nitrogens with one attached hydrogen (secondary N) is 1. The Hall–Kier alpha value is -4.82. The van der Waals surface area contributed by atoms with Crippen LogP contribution in [0, 0.1) is 4.91 Å². The van der Waals surface area contributed by atoms with Gasteiger partial charge in [-0.15, -0.1) is 10.0 Å². The second kappa shape index (κ2) is 12.4. The Morgan fingerprint density at radius 1 is 1.03 bits per heavy atom. The van der Waals surface area contributed by atoms with Crippen LogP contribution in [0.15, 0.2) is 138 Å². The molecule has 2 N–H and O–H groups in total. The quantitative estimate of drug-likeness (QED) is 0.0946. The van der Waals surface area contributed by atoms with Gasteiger partial charge in [0.15, 0.2) is 0 Å². The summed E-state index contributed by atoms with van der Waals surface area (Å²) < 4.78 is 1.87. The summed E-state index contributed by atoms with van der Waals surface area (Å²) in [7, 11) is 0. The lowest BCUT2D eigenvalue weighted by Gasteiger charge is -2.17. The highest BCUT2D eigenvalue weighted by atomic mass is 32.2. The molecule has 7 nitrogen and oxygen atoms in total. The Labute approximate surface area is 224 Å². The normalized spacial score (nSPS) is 12.3. The van der Waals surface area contributed by atoms with Crippen molar-refractivity contribution in [1.29, 1.82) is 0 Å². The summed E-state index contributed by atoms with van der Waals surface area (Å²) in [5.41, 5.74) is 3.86. The fraction of sp³-hybridized carbons (Fsp3) is 0.0333. The summed E-state index contributed by atoms with van der Waals surface area (Å²) in [6, 6.07) is 23.4. The van der Waals surface area contributed by atoms with Gasteiger partial charge in [-0.2, -0.15) is 4.57 Å². The molecule has 4 aromatic rings. The molecule has 1 aromatic heterocycles. The Morgan fingerprint density at radius 2 is 1.79 bits per heavy atom. The number of benzene rings is 3. The molecule has 1 heterocycles. The standard InChI is InChI=1S/C30H24N4O3S/c1-3-5-11-21(10-4-2)27(22-12-7-6-8-13-22)38-30-32-31-28(23-16-18-25(33-37)19-17-23)34(30)26-15-9-14-24(20-26)29(35)36/h3-20,27H,1-2H2,(H,35,36)/p+1/b11-5-,21-10+. The van der Waals surface area contributed by atoms with Gasteiger partial charge < -0.3 is 5.11 Å². The number of allylic oxidation sites excluding steroid dienone is 5. The van der Waals surface area contributed by atoms with E-state index in [1.807, 2.05) is 59.2 Å². The van der Waals surface area contributed by atoms with Crippen LogP contribution in [0.1, 0.15) is 21.2 Å². The van der Waals surface area contributed by atoms with Crippen LogP contribution in [0.25, 0.3) is 17.1 Å². The average Bonchev–Trinajstić information content (AvgIpc) is 3.38. The van der Waals surface area contributed by atoms with Crippen LogP contribution < -0.4 is 4.57 Å². The third-order valence-electron chi connectivity index (χ3n) is 5.63. The van der Waals surface area contributed by atoms with Crippen LogP contribution in [0.4, 0.5) is 5.69 Å².